The molecule has 1 aromatic carbocycles. The molecule has 0 spiro atoms. The first kappa shape index (κ1) is 23.4. The Bertz CT molecular complexity index is 1580. The molecule has 0 saturated heterocycles. The van der Waals surface area contributed by atoms with Gasteiger partial charge in [0.2, 0.25) is 5.91 Å². The molecule has 3 aromatic heterocycles. The molecular weight excluding hydrogens is 482 g/mol. The van der Waals surface area contributed by atoms with Gasteiger partial charge in [0.05, 0.1) is 22.5 Å². The lowest BCUT2D eigenvalue weighted by Gasteiger charge is -2.10. The third-order valence-corrected chi connectivity index (χ3v) is 8.41. The second-order valence-electron chi connectivity index (χ2n) is 8.41. The Balaban J connectivity index is 1.40. The Kier molecular flexibility index (Phi) is 6.24. The van der Waals surface area contributed by atoms with Crippen LogP contribution in [0.5, 0.6) is 0 Å². The standard InChI is InChI=1S/C25H25N5O3S2/c1-4-13-29-23(32)20-17-11-8-12-18(17)35-22(20)27-25(29)34-14-19(31)26-21-15(2)28(3)30(24(21)33)16-9-6-5-7-10-16/h4-7,9-10H,1,8,11-14H2,2-3H3,(H,26,31). The average Bonchev–Trinajstić information content (AvgIpc) is 3.49. The number of nitrogens with one attached hydrogen (secondary N) is 1. The van der Waals surface area contributed by atoms with E-state index < -0.39 is 0 Å². The van der Waals surface area contributed by atoms with Crippen LogP contribution in [0.3, 0.4) is 0 Å². The Hall–Kier alpha value is -3.37. The fourth-order valence-corrected chi connectivity index (χ4v) is 6.59. The summed E-state index contributed by atoms with van der Waals surface area (Å²) in [5.41, 5.74) is 2.35. The largest absolute Gasteiger partial charge is 0.319 e. The van der Waals surface area contributed by atoms with Gasteiger partial charge in [-0.3, -0.25) is 23.6 Å². The monoisotopic (exact) mass is 507 g/mol. The molecule has 1 amide bonds. The number of benzene rings is 1. The van der Waals surface area contributed by atoms with Gasteiger partial charge in [-0.15, -0.1) is 17.9 Å². The van der Waals surface area contributed by atoms with E-state index >= 15 is 0 Å². The number of amides is 1. The normalized spacial score (nSPS) is 12.7. The molecule has 35 heavy (non-hydrogen) atoms. The van der Waals surface area contributed by atoms with Gasteiger partial charge in [-0.1, -0.05) is 36.0 Å². The number of nitrogens with zero attached hydrogens (tertiary/aromatic N) is 4. The molecule has 0 bridgehead atoms. The number of thioether (sulfide) groups is 1. The Morgan fingerprint density at radius 3 is 2.74 bits per heavy atom. The van der Waals surface area contributed by atoms with Crippen LogP contribution < -0.4 is 16.4 Å². The molecule has 8 nitrogen and oxygen atoms in total. The van der Waals surface area contributed by atoms with Crippen molar-refractivity contribution in [2.24, 2.45) is 7.05 Å². The molecule has 0 aliphatic heterocycles. The predicted molar refractivity (Wildman–Crippen MR) is 141 cm³/mol. The fraction of sp³-hybridized carbons (Fsp3) is 0.280. The van der Waals surface area contributed by atoms with Gasteiger partial charge in [-0.25, -0.2) is 9.67 Å². The molecule has 10 heteroatoms. The predicted octanol–water partition coefficient (Wildman–Crippen LogP) is 3.66. The summed E-state index contributed by atoms with van der Waals surface area (Å²) < 4.78 is 4.81. The van der Waals surface area contributed by atoms with Gasteiger partial charge >= 0.3 is 0 Å². The lowest BCUT2D eigenvalue weighted by Crippen LogP contribution is -2.25. The number of hydrogen-bond donors (Lipinski definition) is 1. The molecule has 180 valence electrons. The van der Waals surface area contributed by atoms with Crippen molar-refractivity contribution < 1.29 is 4.79 Å². The maximum Gasteiger partial charge on any atom is 0.295 e. The van der Waals surface area contributed by atoms with Crippen LogP contribution in [0.1, 0.15) is 22.6 Å². The van der Waals surface area contributed by atoms with E-state index in [0.29, 0.717) is 28.5 Å². The minimum Gasteiger partial charge on any atom is -0.319 e. The third-order valence-electron chi connectivity index (χ3n) is 6.25. The van der Waals surface area contributed by atoms with E-state index in [9.17, 15) is 14.4 Å². The van der Waals surface area contributed by atoms with Crippen LogP contribution in [-0.4, -0.2) is 30.6 Å². The Labute approximate surface area is 209 Å². The first-order valence-electron chi connectivity index (χ1n) is 11.3. The summed E-state index contributed by atoms with van der Waals surface area (Å²) in [5, 5.41) is 3.95. The number of aryl methyl sites for hydroxylation is 2. The van der Waals surface area contributed by atoms with Crippen LogP contribution in [0.4, 0.5) is 5.69 Å². The van der Waals surface area contributed by atoms with Gasteiger partial charge < -0.3 is 5.32 Å². The van der Waals surface area contributed by atoms with Crippen molar-refractivity contribution in [3.05, 3.63) is 79.8 Å². The number of aromatic nitrogens is 4. The number of fused-ring (bicyclic) bond motifs is 3. The van der Waals surface area contributed by atoms with E-state index in [2.05, 4.69) is 11.9 Å². The number of carbonyl (C=O) groups excluding carboxylic acids is 1. The Morgan fingerprint density at radius 2 is 2.00 bits per heavy atom. The maximum atomic E-state index is 13.3. The van der Waals surface area contributed by atoms with E-state index in [0.717, 1.165) is 29.7 Å². The van der Waals surface area contributed by atoms with Gasteiger partial charge in [0.15, 0.2) is 5.16 Å². The first-order valence-corrected chi connectivity index (χ1v) is 13.1. The van der Waals surface area contributed by atoms with E-state index in [1.165, 1.54) is 21.3 Å². The van der Waals surface area contributed by atoms with Crippen molar-refractivity contribution in [1.82, 2.24) is 18.9 Å². The molecule has 1 aliphatic carbocycles. The van der Waals surface area contributed by atoms with Crippen molar-refractivity contribution in [2.45, 2.75) is 37.9 Å². The molecule has 4 aromatic rings. The van der Waals surface area contributed by atoms with Crippen molar-refractivity contribution in [3.8, 4) is 5.69 Å². The Morgan fingerprint density at radius 1 is 1.23 bits per heavy atom. The zero-order chi connectivity index (χ0) is 24.7. The first-order chi connectivity index (χ1) is 16.9. The summed E-state index contributed by atoms with van der Waals surface area (Å²) in [5.74, 6) is -0.326. The molecule has 0 unspecified atom stereocenters. The highest BCUT2D eigenvalue weighted by atomic mass is 32.2. The molecule has 0 radical (unpaired) electrons. The average molecular weight is 508 g/mol. The molecule has 3 heterocycles. The maximum absolute atomic E-state index is 13.3. The van der Waals surface area contributed by atoms with Crippen LogP contribution >= 0.6 is 23.1 Å². The minimum atomic E-state index is -0.339. The minimum absolute atomic E-state index is 0.0132. The van der Waals surface area contributed by atoms with Gasteiger partial charge in [0.25, 0.3) is 11.1 Å². The molecule has 5 rings (SSSR count). The van der Waals surface area contributed by atoms with Gasteiger partial charge in [-0.05, 0) is 43.9 Å². The molecule has 0 saturated carbocycles. The number of carbonyl (C=O) groups is 1. The quantitative estimate of drug-likeness (QED) is 0.234. The summed E-state index contributed by atoms with van der Waals surface area (Å²) in [6.07, 6.45) is 4.62. The van der Waals surface area contributed by atoms with Crippen LogP contribution in [-0.2, 0) is 31.2 Å². The topological polar surface area (TPSA) is 90.9 Å². The number of thiophene rings is 1. The van der Waals surface area contributed by atoms with E-state index in [-0.39, 0.29) is 28.5 Å². The number of anilines is 1. The highest BCUT2D eigenvalue weighted by molar-refractivity contribution is 7.99. The summed E-state index contributed by atoms with van der Waals surface area (Å²) in [4.78, 5) is 45.9. The molecular formula is C25H25N5O3S2. The number of allylic oxidation sites excluding steroid dienone is 1. The highest BCUT2D eigenvalue weighted by Gasteiger charge is 2.24. The summed E-state index contributed by atoms with van der Waals surface area (Å²) in [7, 11) is 1.78. The van der Waals surface area contributed by atoms with Crippen LogP contribution in [0, 0.1) is 6.92 Å². The van der Waals surface area contributed by atoms with Crippen LogP contribution in [0.25, 0.3) is 15.9 Å². The van der Waals surface area contributed by atoms with Crippen LogP contribution in [0.15, 0.2) is 57.7 Å². The number of para-hydroxylation sites is 1. The van der Waals surface area contributed by atoms with E-state index in [1.807, 2.05) is 30.3 Å². The summed E-state index contributed by atoms with van der Waals surface area (Å²) in [6.45, 7) is 5.88. The van der Waals surface area contributed by atoms with Gasteiger partial charge in [0, 0.05) is 18.5 Å². The number of rotatable bonds is 7. The van der Waals surface area contributed by atoms with Crippen molar-refractivity contribution in [3.63, 3.8) is 0 Å². The smallest absolute Gasteiger partial charge is 0.295 e. The van der Waals surface area contributed by atoms with Crippen molar-refractivity contribution >= 4 is 44.9 Å². The highest BCUT2D eigenvalue weighted by Crippen LogP contribution is 2.35. The number of hydrogen-bond acceptors (Lipinski definition) is 6. The second kappa shape index (κ2) is 9.35. The molecule has 1 N–H and O–H groups in total. The summed E-state index contributed by atoms with van der Waals surface area (Å²) >= 11 is 2.76. The van der Waals surface area contributed by atoms with Crippen molar-refractivity contribution in [1.29, 1.82) is 0 Å². The summed E-state index contributed by atoms with van der Waals surface area (Å²) in [6, 6.07) is 9.26. The fourth-order valence-electron chi connectivity index (χ4n) is 4.48. The van der Waals surface area contributed by atoms with E-state index in [1.54, 1.807) is 40.6 Å². The van der Waals surface area contributed by atoms with Gasteiger partial charge in [0.1, 0.15) is 10.5 Å². The molecule has 0 atom stereocenters. The van der Waals surface area contributed by atoms with E-state index in [4.69, 9.17) is 4.98 Å². The molecule has 1 aliphatic rings. The lowest BCUT2D eigenvalue weighted by atomic mass is 10.2. The molecule has 0 fully saturated rings. The SMILES string of the molecule is C=CCn1c(SCC(=O)Nc2c(C)n(C)n(-c3ccccc3)c2=O)nc2sc3c(c2c1=O)CCC3. The zero-order valence-corrected chi connectivity index (χ0v) is 21.2. The van der Waals surface area contributed by atoms with Crippen molar-refractivity contribution in [2.75, 3.05) is 11.1 Å². The second-order valence-corrected chi connectivity index (χ2v) is 10.4. The zero-order valence-electron chi connectivity index (χ0n) is 19.5. The van der Waals surface area contributed by atoms with Crippen LogP contribution in [0.2, 0.25) is 0 Å². The van der Waals surface area contributed by atoms with Gasteiger partial charge in [-0.2, -0.15) is 0 Å². The third kappa shape index (κ3) is 4.06. The lowest BCUT2D eigenvalue weighted by molar-refractivity contribution is -0.113.